The highest BCUT2D eigenvalue weighted by Gasteiger charge is 2.30. The van der Waals surface area contributed by atoms with Gasteiger partial charge in [0.2, 0.25) is 11.9 Å². The van der Waals surface area contributed by atoms with Gasteiger partial charge in [0.25, 0.3) is 0 Å². The van der Waals surface area contributed by atoms with E-state index >= 15 is 0 Å². The zero-order chi connectivity index (χ0) is 9.30. The van der Waals surface area contributed by atoms with Gasteiger partial charge in [-0.1, -0.05) is 0 Å². The minimum absolute atomic E-state index is 0.0159. The van der Waals surface area contributed by atoms with Crippen molar-refractivity contribution in [2.75, 3.05) is 20.1 Å². The Morgan fingerprint density at radius 2 is 2.25 bits per heavy atom. The van der Waals surface area contributed by atoms with Gasteiger partial charge in [-0.25, -0.2) is 0 Å². The Kier molecular flexibility index (Phi) is 2.12. The lowest BCUT2D eigenvalue weighted by Gasteiger charge is -2.14. The van der Waals surface area contributed by atoms with Crippen molar-refractivity contribution in [1.29, 1.82) is 5.41 Å². The van der Waals surface area contributed by atoms with Crippen LogP contribution in [0, 0.1) is 5.41 Å². The van der Waals surface area contributed by atoms with Crippen molar-refractivity contribution in [2.45, 2.75) is 6.92 Å². The van der Waals surface area contributed by atoms with Gasteiger partial charge in [0.05, 0.1) is 13.1 Å². The Labute approximate surface area is 70.5 Å². The fourth-order valence-corrected chi connectivity index (χ4v) is 1.07. The van der Waals surface area contributed by atoms with Gasteiger partial charge in [0.1, 0.15) is 5.78 Å². The van der Waals surface area contributed by atoms with E-state index in [9.17, 15) is 9.59 Å². The van der Waals surface area contributed by atoms with Crippen LogP contribution < -0.4 is 0 Å². The molecule has 0 radical (unpaired) electrons. The third-order valence-corrected chi connectivity index (χ3v) is 1.67. The summed E-state index contributed by atoms with van der Waals surface area (Å²) < 4.78 is 0. The Morgan fingerprint density at radius 3 is 2.58 bits per heavy atom. The number of likely N-dealkylation sites (N-methyl/N-ethyl adjacent to an activating group) is 1. The van der Waals surface area contributed by atoms with Crippen molar-refractivity contribution in [3.05, 3.63) is 0 Å². The summed E-state index contributed by atoms with van der Waals surface area (Å²) in [5.74, 6) is -0.184. The maximum Gasteiger partial charge on any atom is 0.249 e. The second kappa shape index (κ2) is 2.92. The fraction of sp³-hybridized carbons (Fsp3) is 0.571. The maximum absolute atomic E-state index is 11.1. The van der Waals surface area contributed by atoms with E-state index in [1.165, 1.54) is 16.7 Å². The van der Waals surface area contributed by atoms with Crippen LogP contribution in [0.1, 0.15) is 6.92 Å². The SMILES string of the molecule is CC(=O)CN1C(=N)N(C)CC1=O. The molecule has 1 heterocycles. The van der Waals surface area contributed by atoms with Crippen LogP contribution in [-0.2, 0) is 9.59 Å². The molecule has 1 fully saturated rings. The van der Waals surface area contributed by atoms with Crippen molar-refractivity contribution in [3.63, 3.8) is 0 Å². The first-order valence-corrected chi connectivity index (χ1v) is 3.62. The minimum atomic E-state index is -0.183. The van der Waals surface area contributed by atoms with Crippen molar-refractivity contribution in [2.24, 2.45) is 0 Å². The highest BCUT2D eigenvalue weighted by molar-refractivity contribution is 6.05. The molecule has 0 saturated carbocycles. The normalized spacial score (nSPS) is 17.5. The molecule has 1 saturated heterocycles. The molecular weight excluding hydrogens is 158 g/mol. The van der Waals surface area contributed by atoms with E-state index in [4.69, 9.17) is 5.41 Å². The first-order valence-electron chi connectivity index (χ1n) is 3.62. The van der Waals surface area contributed by atoms with Gasteiger partial charge in [-0.2, -0.15) is 0 Å². The molecule has 0 unspecified atom stereocenters. The molecule has 0 bridgehead atoms. The molecule has 1 aliphatic rings. The van der Waals surface area contributed by atoms with Gasteiger partial charge in [-0.15, -0.1) is 0 Å². The van der Waals surface area contributed by atoms with E-state index in [0.29, 0.717) is 0 Å². The third-order valence-electron chi connectivity index (χ3n) is 1.67. The number of hydrogen-bond donors (Lipinski definition) is 1. The number of ketones is 1. The summed E-state index contributed by atoms with van der Waals surface area (Å²) >= 11 is 0. The first-order chi connectivity index (χ1) is 5.52. The zero-order valence-electron chi connectivity index (χ0n) is 7.13. The number of rotatable bonds is 2. The van der Waals surface area contributed by atoms with Gasteiger partial charge in [-0.05, 0) is 6.92 Å². The summed E-state index contributed by atoms with van der Waals surface area (Å²) in [6, 6.07) is 0. The quantitative estimate of drug-likeness (QED) is 0.593. The second-order valence-electron chi connectivity index (χ2n) is 2.86. The average Bonchev–Trinajstić information content (AvgIpc) is 2.16. The van der Waals surface area contributed by atoms with Gasteiger partial charge in [0, 0.05) is 7.05 Å². The van der Waals surface area contributed by atoms with Crippen LogP contribution in [-0.4, -0.2) is 47.6 Å². The van der Waals surface area contributed by atoms with Crippen LogP contribution in [0.2, 0.25) is 0 Å². The van der Waals surface area contributed by atoms with Crippen LogP contribution in [0.5, 0.6) is 0 Å². The standard InChI is InChI=1S/C7H11N3O2/c1-5(11)3-10-6(12)4-9(2)7(10)8/h8H,3-4H2,1-2H3. The molecule has 0 aromatic rings. The fourth-order valence-electron chi connectivity index (χ4n) is 1.07. The number of hydrogen-bond acceptors (Lipinski definition) is 3. The van der Waals surface area contributed by atoms with E-state index in [2.05, 4.69) is 0 Å². The number of amides is 1. The van der Waals surface area contributed by atoms with Gasteiger partial charge in [0.15, 0.2) is 0 Å². The molecule has 5 heteroatoms. The van der Waals surface area contributed by atoms with Crippen molar-refractivity contribution >= 4 is 17.6 Å². The summed E-state index contributed by atoms with van der Waals surface area (Å²) in [6.07, 6.45) is 0. The van der Waals surface area contributed by atoms with E-state index in [1.807, 2.05) is 0 Å². The number of Topliss-reactive ketones (excluding diaryl/α,β-unsaturated/α-hetero) is 1. The van der Waals surface area contributed by atoms with E-state index in [1.54, 1.807) is 7.05 Å². The Bertz CT molecular complexity index is 249. The molecule has 0 aliphatic carbocycles. The highest BCUT2D eigenvalue weighted by atomic mass is 16.2. The van der Waals surface area contributed by atoms with Crippen molar-refractivity contribution in [3.8, 4) is 0 Å². The van der Waals surface area contributed by atoms with E-state index in [-0.39, 0.29) is 30.7 Å². The molecule has 1 aliphatic heterocycles. The monoisotopic (exact) mass is 169 g/mol. The van der Waals surface area contributed by atoms with E-state index in [0.717, 1.165) is 0 Å². The molecule has 66 valence electrons. The van der Waals surface area contributed by atoms with Gasteiger partial charge >= 0.3 is 0 Å². The Morgan fingerprint density at radius 1 is 1.67 bits per heavy atom. The first kappa shape index (κ1) is 8.70. The second-order valence-corrected chi connectivity index (χ2v) is 2.86. The van der Waals surface area contributed by atoms with Gasteiger partial charge < -0.3 is 4.90 Å². The molecule has 1 rings (SSSR count). The number of carbonyl (C=O) groups is 2. The summed E-state index contributed by atoms with van der Waals surface area (Å²) in [5.41, 5.74) is 0. The van der Waals surface area contributed by atoms with Crippen LogP contribution in [0.3, 0.4) is 0 Å². The molecule has 0 aromatic carbocycles. The lowest BCUT2D eigenvalue weighted by molar-refractivity contribution is -0.128. The maximum atomic E-state index is 11.1. The summed E-state index contributed by atoms with van der Waals surface area (Å²) in [7, 11) is 1.65. The lowest BCUT2D eigenvalue weighted by atomic mass is 10.4. The molecule has 1 amide bonds. The van der Waals surface area contributed by atoms with Crippen molar-refractivity contribution < 1.29 is 9.59 Å². The van der Waals surface area contributed by atoms with Crippen molar-refractivity contribution in [1.82, 2.24) is 9.80 Å². The molecule has 12 heavy (non-hydrogen) atoms. The Balaban J connectivity index is 2.70. The number of nitrogens with one attached hydrogen (secondary N) is 1. The molecule has 0 spiro atoms. The highest BCUT2D eigenvalue weighted by Crippen LogP contribution is 2.05. The smallest absolute Gasteiger partial charge is 0.249 e. The number of carbonyl (C=O) groups excluding carboxylic acids is 2. The van der Waals surface area contributed by atoms with Crippen LogP contribution in [0.25, 0.3) is 0 Å². The number of nitrogens with zero attached hydrogens (tertiary/aromatic N) is 2. The summed E-state index contributed by atoms with van der Waals surface area (Å²) in [6.45, 7) is 1.62. The molecule has 5 nitrogen and oxygen atoms in total. The number of guanidine groups is 1. The van der Waals surface area contributed by atoms with Crippen LogP contribution >= 0.6 is 0 Å². The predicted molar refractivity (Wildman–Crippen MR) is 42.8 cm³/mol. The summed E-state index contributed by atoms with van der Waals surface area (Å²) in [5, 5.41) is 7.41. The predicted octanol–water partition coefficient (Wildman–Crippen LogP) is -0.716. The van der Waals surface area contributed by atoms with E-state index < -0.39 is 0 Å². The zero-order valence-corrected chi connectivity index (χ0v) is 7.13. The molecule has 0 atom stereocenters. The minimum Gasteiger partial charge on any atom is -0.336 e. The summed E-state index contributed by atoms with van der Waals surface area (Å²) in [4.78, 5) is 24.5. The molecule has 1 N–H and O–H groups in total. The average molecular weight is 169 g/mol. The topological polar surface area (TPSA) is 64.5 Å². The largest absolute Gasteiger partial charge is 0.336 e. The lowest BCUT2D eigenvalue weighted by Crippen LogP contribution is -2.35. The molecule has 0 aromatic heterocycles. The van der Waals surface area contributed by atoms with Gasteiger partial charge in [-0.3, -0.25) is 19.9 Å². The van der Waals surface area contributed by atoms with Crippen LogP contribution in [0.4, 0.5) is 0 Å². The van der Waals surface area contributed by atoms with Crippen LogP contribution in [0.15, 0.2) is 0 Å². The molecular formula is C7H11N3O2. The Hall–Kier alpha value is -1.39. The third kappa shape index (κ3) is 1.44.